The topological polar surface area (TPSA) is 53.1 Å². The summed E-state index contributed by atoms with van der Waals surface area (Å²) in [7, 11) is 4.06. The van der Waals surface area contributed by atoms with Crippen LogP contribution in [0.25, 0.3) is 0 Å². The van der Waals surface area contributed by atoms with Crippen LogP contribution in [0.2, 0.25) is 0 Å². The van der Waals surface area contributed by atoms with Gasteiger partial charge in [0.1, 0.15) is 17.5 Å². The Bertz CT molecular complexity index is 595. The van der Waals surface area contributed by atoms with Crippen LogP contribution in [0.1, 0.15) is 19.2 Å². The van der Waals surface area contributed by atoms with Gasteiger partial charge in [0, 0.05) is 26.7 Å². The van der Waals surface area contributed by atoms with Crippen LogP contribution in [-0.4, -0.2) is 30.6 Å². The van der Waals surface area contributed by atoms with E-state index in [-0.39, 0.29) is 0 Å². The average molecular weight is 285 g/mol. The number of aryl methyl sites for hydroxylation is 1. The van der Waals surface area contributed by atoms with Crippen molar-refractivity contribution in [3.63, 3.8) is 0 Å². The third-order valence-electron chi connectivity index (χ3n) is 3.04. The molecule has 0 atom stereocenters. The van der Waals surface area contributed by atoms with Crippen molar-refractivity contribution in [1.29, 1.82) is 0 Å². The van der Waals surface area contributed by atoms with Crippen molar-refractivity contribution in [2.75, 3.05) is 36.2 Å². The zero-order valence-electron chi connectivity index (χ0n) is 13.1. The highest BCUT2D eigenvalue weighted by atomic mass is 15.1. The number of nitrogens with zero attached hydrogens (tertiary/aromatic N) is 3. The molecule has 0 spiro atoms. The van der Waals surface area contributed by atoms with Crippen LogP contribution in [0.5, 0.6) is 0 Å². The molecule has 0 fully saturated rings. The maximum atomic E-state index is 4.46. The summed E-state index contributed by atoms with van der Waals surface area (Å²) in [5.74, 6) is 2.41. The first-order valence-electron chi connectivity index (χ1n) is 7.23. The molecule has 5 nitrogen and oxygen atoms in total. The van der Waals surface area contributed by atoms with E-state index in [1.807, 2.05) is 45.3 Å². The van der Waals surface area contributed by atoms with Gasteiger partial charge in [-0.3, -0.25) is 0 Å². The van der Waals surface area contributed by atoms with Gasteiger partial charge >= 0.3 is 0 Å². The third-order valence-corrected chi connectivity index (χ3v) is 3.04. The lowest BCUT2D eigenvalue weighted by Crippen LogP contribution is -2.11. The number of hydrogen-bond donors (Lipinski definition) is 2. The number of benzene rings is 1. The fourth-order valence-corrected chi connectivity index (χ4v) is 2.08. The number of anilines is 4. The molecule has 0 amide bonds. The van der Waals surface area contributed by atoms with Crippen molar-refractivity contribution in [1.82, 2.24) is 9.97 Å². The number of aromatic nitrogens is 2. The number of nitrogens with one attached hydrogen (secondary N) is 2. The third kappa shape index (κ3) is 4.08. The second kappa shape index (κ2) is 6.92. The first-order valence-corrected chi connectivity index (χ1v) is 7.23. The predicted molar refractivity (Wildman–Crippen MR) is 89.6 cm³/mol. The Labute approximate surface area is 126 Å². The lowest BCUT2D eigenvalue weighted by molar-refractivity contribution is 0.955. The standard InChI is InChI=1S/C16H23N5/c1-5-10-17-15-11-16(19-12(2)18-15)20-13-8-6-7-9-14(13)21(3)4/h6-9,11H,5,10H2,1-4H3,(H2,17,18,19,20). The van der Waals surface area contributed by atoms with E-state index >= 15 is 0 Å². The van der Waals surface area contributed by atoms with Gasteiger partial charge in [-0.1, -0.05) is 19.1 Å². The maximum Gasteiger partial charge on any atom is 0.136 e. The first kappa shape index (κ1) is 15.1. The molecular weight excluding hydrogens is 262 g/mol. The number of rotatable bonds is 6. The zero-order chi connectivity index (χ0) is 15.2. The fourth-order valence-electron chi connectivity index (χ4n) is 2.08. The van der Waals surface area contributed by atoms with Gasteiger partial charge in [0.15, 0.2) is 0 Å². The summed E-state index contributed by atoms with van der Waals surface area (Å²) in [5, 5.41) is 6.68. The van der Waals surface area contributed by atoms with Crippen LogP contribution in [0.15, 0.2) is 30.3 Å². The van der Waals surface area contributed by atoms with E-state index in [0.717, 1.165) is 41.8 Å². The van der Waals surface area contributed by atoms with E-state index in [1.54, 1.807) is 0 Å². The fraction of sp³-hybridized carbons (Fsp3) is 0.375. The molecule has 1 aromatic carbocycles. The monoisotopic (exact) mass is 285 g/mol. The molecular formula is C16H23N5. The molecule has 0 bridgehead atoms. The van der Waals surface area contributed by atoms with Gasteiger partial charge in [-0.2, -0.15) is 0 Å². The second-order valence-electron chi connectivity index (χ2n) is 5.15. The highest BCUT2D eigenvalue weighted by Crippen LogP contribution is 2.27. The van der Waals surface area contributed by atoms with Crippen molar-refractivity contribution >= 4 is 23.0 Å². The minimum atomic E-state index is 0.751. The molecule has 112 valence electrons. The van der Waals surface area contributed by atoms with E-state index in [4.69, 9.17) is 0 Å². The molecule has 0 saturated heterocycles. The molecule has 0 radical (unpaired) electrons. The summed E-state index contributed by atoms with van der Waals surface area (Å²) in [6.45, 7) is 4.94. The lowest BCUT2D eigenvalue weighted by atomic mass is 10.2. The van der Waals surface area contributed by atoms with E-state index in [1.165, 1.54) is 0 Å². The van der Waals surface area contributed by atoms with Crippen molar-refractivity contribution in [3.05, 3.63) is 36.2 Å². The molecule has 2 rings (SSSR count). The summed E-state index contributed by atoms with van der Waals surface area (Å²) in [6.07, 6.45) is 1.06. The Hall–Kier alpha value is -2.30. The van der Waals surface area contributed by atoms with Crippen LogP contribution in [-0.2, 0) is 0 Å². The largest absolute Gasteiger partial charge is 0.376 e. The van der Waals surface area contributed by atoms with Crippen LogP contribution in [0.3, 0.4) is 0 Å². The van der Waals surface area contributed by atoms with Crippen LogP contribution >= 0.6 is 0 Å². The van der Waals surface area contributed by atoms with Gasteiger partial charge in [0.05, 0.1) is 11.4 Å². The Kier molecular flexibility index (Phi) is 4.98. The summed E-state index contributed by atoms with van der Waals surface area (Å²) >= 11 is 0. The van der Waals surface area contributed by atoms with Crippen LogP contribution in [0.4, 0.5) is 23.0 Å². The highest BCUT2D eigenvalue weighted by Gasteiger charge is 2.06. The molecule has 1 aromatic heterocycles. The van der Waals surface area contributed by atoms with Crippen molar-refractivity contribution in [3.8, 4) is 0 Å². The minimum absolute atomic E-state index is 0.751. The molecule has 0 saturated carbocycles. The summed E-state index contributed by atoms with van der Waals surface area (Å²) in [5.41, 5.74) is 2.15. The quantitative estimate of drug-likeness (QED) is 0.851. The number of para-hydroxylation sites is 2. The van der Waals surface area contributed by atoms with E-state index in [9.17, 15) is 0 Å². The van der Waals surface area contributed by atoms with Crippen molar-refractivity contribution < 1.29 is 0 Å². The van der Waals surface area contributed by atoms with Gasteiger partial charge < -0.3 is 15.5 Å². The molecule has 21 heavy (non-hydrogen) atoms. The SMILES string of the molecule is CCCNc1cc(Nc2ccccc2N(C)C)nc(C)n1. The predicted octanol–water partition coefficient (Wildman–Crippen LogP) is 3.42. The van der Waals surface area contributed by atoms with Crippen molar-refractivity contribution in [2.45, 2.75) is 20.3 Å². The molecule has 2 aromatic rings. The van der Waals surface area contributed by atoms with Crippen LogP contribution < -0.4 is 15.5 Å². The van der Waals surface area contributed by atoms with Gasteiger partial charge in [-0.25, -0.2) is 9.97 Å². The minimum Gasteiger partial charge on any atom is -0.376 e. The molecule has 1 heterocycles. The molecule has 2 N–H and O–H groups in total. The smallest absolute Gasteiger partial charge is 0.136 e. The Morgan fingerprint density at radius 3 is 2.52 bits per heavy atom. The highest BCUT2D eigenvalue weighted by molar-refractivity contribution is 5.74. The first-order chi connectivity index (χ1) is 10.1. The molecule has 0 aliphatic rings. The van der Waals surface area contributed by atoms with E-state index in [2.05, 4.69) is 38.5 Å². The molecule has 0 aliphatic heterocycles. The Morgan fingerprint density at radius 1 is 1.10 bits per heavy atom. The summed E-state index contributed by atoms with van der Waals surface area (Å²) in [6, 6.07) is 10.1. The summed E-state index contributed by atoms with van der Waals surface area (Å²) in [4.78, 5) is 10.9. The summed E-state index contributed by atoms with van der Waals surface area (Å²) < 4.78 is 0. The van der Waals surface area contributed by atoms with E-state index < -0.39 is 0 Å². The van der Waals surface area contributed by atoms with E-state index in [0.29, 0.717) is 0 Å². The second-order valence-corrected chi connectivity index (χ2v) is 5.15. The molecule has 0 aliphatic carbocycles. The van der Waals surface area contributed by atoms with Crippen molar-refractivity contribution in [2.24, 2.45) is 0 Å². The average Bonchev–Trinajstić information content (AvgIpc) is 2.45. The lowest BCUT2D eigenvalue weighted by Gasteiger charge is -2.18. The maximum absolute atomic E-state index is 4.46. The zero-order valence-corrected chi connectivity index (χ0v) is 13.1. The van der Waals surface area contributed by atoms with Crippen LogP contribution in [0, 0.1) is 6.92 Å². The van der Waals surface area contributed by atoms with Gasteiger partial charge in [-0.15, -0.1) is 0 Å². The molecule has 0 unspecified atom stereocenters. The Morgan fingerprint density at radius 2 is 1.81 bits per heavy atom. The van der Waals surface area contributed by atoms with Gasteiger partial charge in [-0.05, 0) is 25.5 Å². The number of hydrogen-bond acceptors (Lipinski definition) is 5. The Balaban J connectivity index is 2.25. The molecule has 5 heteroatoms. The normalized spacial score (nSPS) is 10.3. The van der Waals surface area contributed by atoms with Gasteiger partial charge in [0.25, 0.3) is 0 Å². The van der Waals surface area contributed by atoms with Gasteiger partial charge in [0.2, 0.25) is 0 Å².